The van der Waals surface area contributed by atoms with Gasteiger partial charge in [-0.1, -0.05) is 32.9 Å². The number of amides is 2. The monoisotopic (exact) mass is 606 g/mol. The van der Waals surface area contributed by atoms with E-state index in [4.69, 9.17) is 14.2 Å². The van der Waals surface area contributed by atoms with E-state index in [-0.39, 0.29) is 34.5 Å². The standard InChI is InChI=1S/C35H34N4O6/c1-21-29(17-27(19-37-21)39-33(41)30-16-25(35(2,3)4)15-24(18-36)31(30)43-5)32(40)38-26-10-12-28(13-11-26)45-20-22-8-7-9-23(14-22)34(42)44-6/h7-17,19H,20H2,1-6H3,(H,38,40)(H,39,41). The zero-order chi connectivity index (χ0) is 32.7. The summed E-state index contributed by atoms with van der Waals surface area (Å²) in [5, 5.41) is 15.3. The first kappa shape index (κ1) is 32.2. The van der Waals surface area contributed by atoms with Gasteiger partial charge in [-0.05, 0) is 78.1 Å². The van der Waals surface area contributed by atoms with Gasteiger partial charge in [-0.2, -0.15) is 5.26 Å². The molecule has 10 nitrogen and oxygen atoms in total. The van der Waals surface area contributed by atoms with Gasteiger partial charge in [-0.3, -0.25) is 14.6 Å². The summed E-state index contributed by atoms with van der Waals surface area (Å²) in [7, 11) is 2.74. The average molecular weight is 607 g/mol. The Hall–Kier alpha value is -5.69. The molecule has 0 fully saturated rings. The Morgan fingerprint density at radius 2 is 1.58 bits per heavy atom. The first-order valence-electron chi connectivity index (χ1n) is 14.1. The lowest BCUT2D eigenvalue weighted by Gasteiger charge is -2.22. The molecule has 0 radical (unpaired) electrons. The Bertz CT molecular complexity index is 1790. The highest BCUT2D eigenvalue weighted by molar-refractivity contribution is 6.09. The predicted molar refractivity (Wildman–Crippen MR) is 170 cm³/mol. The third-order valence-corrected chi connectivity index (χ3v) is 6.98. The number of pyridine rings is 1. The van der Waals surface area contributed by atoms with E-state index in [0.29, 0.717) is 28.4 Å². The molecule has 2 N–H and O–H groups in total. The Morgan fingerprint density at radius 3 is 2.22 bits per heavy atom. The highest BCUT2D eigenvalue weighted by Gasteiger charge is 2.23. The molecule has 0 saturated carbocycles. The van der Waals surface area contributed by atoms with Crippen molar-refractivity contribution in [2.24, 2.45) is 0 Å². The summed E-state index contributed by atoms with van der Waals surface area (Å²) >= 11 is 0. The zero-order valence-electron chi connectivity index (χ0n) is 26.0. The van der Waals surface area contributed by atoms with Crippen molar-refractivity contribution < 1.29 is 28.6 Å². The lowest BCUT2D eigenvalue weighted by Crippen LogP contribution is -2.19. The molecule has 4 rings (SSSR count). The summed E-state index contributed by atoms with van der Waals surface area (Å²) in [5.41, 5.74) is 3.75. The maximum atomic E-state index is 13.4. The van der Waals surface area contributed by atoms with Crippen molar-refractivity contribution in [3.63, 3.8) is 0 Å². The Morgan fingerprint density at radius 1 is 0.889 bits per heavy atom. The third-order valence-electron chi connectivity index (χ3n) is 6.98. The van der Waals surface area contributed by atoms with Gasteiger partial charge in [-0.25, -0.2) is 4.79 Å². The lowest BCUT2D eigenvalue weighted by atomic mass is 9.84. The number of anilines is 2. The van der Waals surface area contributed by atoms with Crippen LogP contribution in [0.15, 0.2) is 72.9 Å². The van der Waals surface area contributed by atoms with Gasteiger partial charge >= 0.3 is 5.97 Å². The third kappa shape index (κ3) is 7.83. The largest absolute Gasteiger partial charge is 0.495 e. The van der Waals surface area contributed by atoms with Crippen LogP contribution < -0.4 is 20.1 Å². The van der Waals surface area contributed by atoms with Crippen LogP contribution in [0.1, 0.15) is 74.2 Å². The van der Waals surface area contributed by atoms with E-state index in [0.717, 1.165) is 11.1 Å². The van der Waals surface area contributed by atoms with Gasteiger partial charge in [0.05, 0.1) is 54.1 Å². The molecule has 0 atom stereocenters. The van der Waals surface area contributed by atoms with Crippen molar-refractivity contribution in [2.75, 3.05) is 24.9 Å². The molecule has 0 spiro atoms. The van der Waals surface area contributed by atoms with E-state index < -0.39 is 17.8 Å². The topological polar surface area (TPSA) is 140 Å². The summed E-state index contributed by atoms with van der Waals surface area (Å²) in [6.07, 6.45) is 1.46. The molecule has 230 valence electrons. The second-order valence-corrected chi connectivity index (χ2v) is 11.2. The highest BCUT2D eigenvalue weighted by Crippen LogP contribution is 2.32. The first-order valence-corrected chi connectivity index (χ1v) is 14.1. The van der Waals surface area contributed by atoms with Gasteiger partial charge in [-0.15, -0.1) is 0 Å². The maximum Gasteiger partial charge on any atom is 0.337 e. The summed E-state index contributed by atoms with van der Waals surface area (Å²) in [5.74, 6) is -0.592. The number of esters is 1. The van der Waals surface area contributed by atoms with Crippen LogP contribution in [0.4, 0.5) is 11.4 Å². The van der Waals surface area contributed by atoms with E-state index in [2.05, 4.69) is 21.7 Å². The fourth-order valence-electron chi connectivity index (χ4n) is 4.47. The van der Waals surface area contributed by atoms with Crippen molar-refractivity contribution in [3.05, 3.63) is 112 Å². The fraction of sp³-hybridized carbons (Fsp3) is 0.229. The van der Waals surface area contributed by atoms with E-state index in [1.54, 1.807) is 67.6 Å². The Balaban J connectivity index is 1.45. The number of methoxy groups -OCH3 is 2. The maximum absolute atomic E-state index is 13.4. The number of hydrogen-bond donors (Lipinski definition) is 2. The summed E-state index contributed by atoms with van der Waals surface area (Å²) in [4.78, 5) is 42.6. The molecule has 10 heteroatoms. The van der Waals surface area contributed by atoms with Gasteiger partial charge < -0.3 is 24.8 Å². The number of rotatable bonds is 9. The number of aromatic nitrogens is 1. The average Bonchev–Trinajstić information content (AvgIpc) is 3.03. The summed E-state index contributed by atoms with van der Waals surface area (Å²) in [6, 6.07) is 20.9. The van der Waals surface area contributed by atoms with Crippen molar-refractivity contribution >= 4 is 29.2 Å². The molecular weight excluding hydrogens is 572 g/mol. The molecule has 4 aromatic rings. The smallest absolute Gasteiger partial charge is 0.337 e. The molecule has 0 aliphatic rings. The number of nitrogens with one attached hydrogen (secondary N) is 2. The minimum Gasteiger partial charge on any atom is -0.495 e. The van der Waals surface area contributed by atoms with E-state index in [9.17, 15) is 19.6 Å². The fourth-order valence-corrected chi connectivity index (χ4v) is 4.47. The molecule has 0 bridgehead atoms. The molecule has 1 aromatic heterocycles. The quantitative estimate of drug-likeness (QED) is 0.208. The number of hydrogen-bond acceptors (Lipinski definition) is 8. The molecule has 0 unspecified atom stereocenters. The van der Waals surface area contributed by atoms with Crippen LogP contribution in [-0.2, 0) is 16.8 Å². The van der Waals surface area contributed by atoms with Gasteiger partial charge in [0.15, 0.2) is 0 Å². The molecule has 0 saturated heterocycles. The van der Waals surface area contributed by atoms with Crippen molar-refractivity contribution in [3.8, 4) is 17.6 Å². The molecular formula is C35H34N4O6. The van der Waals surface area contributed by atoms with Gasteiger partial charge in [0.2, 0.25) is 0 Å². The van der Waals surface area contributed by atoms with Crippen molar-refractivity contribution in [1.29, 1.82) is 5.26 Å². The molecule has 2 amide bonds. The zero-order valence-corrected chi connectivity index (χ0v) is 26.0. The number of carbonyl (C=O) groups is 3. The SMILES string of the molecule is COC(=O)c1cccc(COc2ccc(NC(=O)c3cc(NC(=O)c4cc(C(C)(C)C)cc(C#N)c4OC)cnc3C)cc2)c1. The minimum absolute atomic E-state index is 0.170. The van der Waals surface area contributed by atoms with E-state index >= 15 is 0 Å². The number of aryl methyl sites for hydroxylation is 1. The van der Waals surface area contributed by atoms with Crippen LogP contribution in [-0.4, -0.2) is 37.0 Å². The molecule has 1 heterocycles. The number of nitriles is 1. The highest BCUT2D eigenvalue weighted by atomic mass is 16.5. The number of carbonyl (C=O) groups excluding carboxylic acids is 3. The number of ether oxygens (including phenoxy) is 3. The number of nitrogens with zero attached hydrogens (tertiary/aromatic N) is 2. The van der Waals surface area contributed by atoms with E-state index in [1.165, 1.54) is 20.4 Å². The van der Waals surface area contributed by atoms with Crippen LogP contribution >= 0.6 is 0 Å². The first-order chi connectivity index (χ1) is 21.4. The van der Waals surface area contributed by atoms with Crippen LogP contribution in [0.3, 0.4) is 0 Å². The lowest BCUT2D eigenvalue weighted by molar-refractivity contribution is 0.0600. The number of benzene rings is 3. The van der Waals surface area contributed by atoms with Crippen LogP contribution in [0, 0.1) is 18.3 Å². The Labute approximate surface area is 262 Å². The minimum atomic E-state index is -0.501. The molecule has 0 aliphatic heterocycles. The second kappa shape index (κ2) is 13.7. The predicted octanol–water partition coefficient (Wildman–Crippen LogP) is 6.44. The van der Waals surface area contributed by atoms with E-state index in [1.807, 2.05) is 26.8 Å². The second-order valence-electron chi connectivity index (χ2n) is 11.2. The normalized spacial score (nSPS) is 10.8. The molecule has 45 heavy (non-hydrogen) atoms. The van der Waals surface area contributed by atoms with Crippen molar-refractivity contribution in [1.82, 2.24) is 4.98 Å². The van der Waals surface area contributed by atoms with Gasteiger partial charge in [0, 0.05) is 5.69 Å². The van der Waals surface area contributed by atoms with Gasteiger partial charge in [0.1, 0.15) is 24.2 Å². The molecule has 0 aliphatic carbocycles. The summed E-state index contributed by atoms with van der Waals surface area (Å²) in [6.45, 7) is 7.90. The van der Waals surface area contributed by atoms with Crippen molar-refractivity contribution in [2.45, 2.75) is 39.7 Å². The Kier molecular flexibility index (Phi) is 9.84. The summed E-state index contributed by atoms with van der Waals surface area (Å²) < 4.78 is 16.0. The van der Waals surface area contributed by atoms with Crippen LogP contribution in [0.2, 0.25) is 0 Å². The van der Waals surface area contributed by atoms with Crippen LogP contribution in [0.25, 0.3) is 0 Å². The van der Waals surface area contributed by atoms with Gasteiger partial charge in [0.25, 0.3) is 11.8 Å². The molecule has 3 aromatic carbocycles. The van der Waals surface area contributed by atoms with Crippen LogP contribution in [0.5, 0.6) is 11.5 Å².